The summed E-state index contributed by atoms with van der Waals surface area (Å²) in [5, 5.41) is 16.6. The molecule has 2 amide bonds. The molecule has 8 heteroatoms. The molecule has 2 heterocycles. The number of hydrogen-bond acceptors (Lipinski definition) is 4. The number of amides is 2. The molecule has 2 aromatic heterocycles. The Kier molecular flexibility index (Phi) is 5.63. The van der Waals surface area contributed by atoms with Crippen LogP contribution in [0.25, 0.3) is 0 Å². The summed E-state index contributed by atoms with van der Waals surface area (Å²) in [7, 11) is 0. The minimum absolute atomic E-state index is 0.00647. The number of halogens is 1. The van der Waals surface area contributed by atoms with Crippen LogP contribution in [0.2, 0.25) is 0 Å². The van der Waals surface area contributed by atoms with Crippen molar-refractivity contribution in [1.29, 1.82) is 0 Å². The van der Waals surface area contributed by atoms with Gasteiger partial charge in [0, 0.05) is 18.3 Å². The Morgan fingerprint density at radius 3 is 2.72 bits per heavy atom. The molecular formula is C17H19FN4O3. The second-order valence-corrected chi connectivity index (χ2v) is 6.21. The van der Waals surface area contributed by atoms with Gasteiger partial charge in [0.05, 0.1) is 18.2 Å². The summed E-state index contributed by atoms with van der Waals surface area (Å²) in [4.78, 5) is 27.9. The summed E-state index contributed by atoms with van der Waals surface area (Å²) in [5.74, 6) is -1.17. The van der Waals surface area contributed by atoms with E-state index in [0.29, 0.717) is 10.4 Å². The van der Waals surface area contributed by atoms with Crippen LogP contribution in [0.4, 0.5) is 4.39 Å². The number of carbonyl (C=O) groups excluding carboxylic acids is 2. The molecule has 0 aliphatic rings. The van der Waals surface area contributed by atoms with Crippen LogP contribution >= 0.6 is 0 Å². The first kappa shape index (κ1) is 18.3. The summed E-state index contributed by atoms with van der Waals surface area (Å²) < 4.78 is 13.4. The molecule has 0 unspecified atom stereocenters. The summed E-state index contributed by atoms with van der Waals surface area (Å²) in [6.07, 6.45) is 3.51. The average Bonchev–Trinajstić information content (AvgIpc) is 2.54. The number of nitrogens with one attached hydrogen (secondary N) is 2. The van der Waals surface area contributed by atoms with Gasteiger partial charge in [-0.15, -0.1) is 0 Å². The zero-order chi connectivity index (χ0) is 18.4. The molecule has 132 valence electrons. The minimum Gasteiger partial charge on any atom is -0.619 e. The SMILES string of the molecule is CC(C)(CNC(=O)c1ccc[n+]([O-])c1)NC(=O)Cc1ccc(F)cn1. The average molecular weight is 346 g/mol. The highest BCUT2D eigenvalue weighted by Gasteiger charge is 2.22. The van der Waals surface area contributed by atoms with Crippen LogP contribution < -0.4 is 15.4 Å². The van der Waals surface area contributed by atoms with Gasteiger partial charge in [0.15, 0.2) is 12.4 Å². The van der Waals surface area contributed by atoms with Crippen molar-refractivity contribution in [3.63, 3.8) is 0 Å². The van der Waals surface area contributed by atoms with Gasteiger partial charge in [-0.3, -0.25) is 14.6 Å². The van der Waals surface area contributed by atoms with E-state index in [2.05, 4.69) is 15.6 Å². The van der Waals surface area contributed by atoms with Gasteiger partial charge in [-0.1, -0.05) is 0 Å². The monoisotopic (exact) mass is 346 g/mol. The molecule has 0 fully saturated rings. The van der Waals surface area contributed by atoms with Crippen molar-refractivity contribution in [3.05, 3.63) is 65.1 Å². The molecule has 0 saturated carbocycles. The van der Waals surface area contributed by atoms with Gasteiger partial charge in [-0.25, -0.2) is 4.39 Å². The van der Waals surface area contributed by atoms with E-state index in [1.165, 1.54) is 36.7 Å². The predicted molar refractivity (Wildman–Crippen MR) is 87.9 cm³/mol. The van der Waals surface area contributed by atoms with Crippen LogP contribution in [0.5, 0.6) is 0 Å². The minimum atomic E-state index is -0.713. The molecular weight excluding hydrogens is 327 g/mol. The van der Waals surface area contributed by atoms with Gasteiger partial charge < -0.3 is 15.8 Å². The Morgan fingerprint density at radius 1 is 1.32 bits per heavy atom. The molecule has 0 bridgehead atoms. The largest absolute Gasteiger partial charge is 0.619 e. The number of nitrogens with zero attached hydrogens (tertiary/aromatic N) is 2. The molecule has 0 atom stereocenters. The predicted octanol–water partition coefficient (Wildman–Crippen LogP) is 0.721. The maximum Gasteiger partial charge on any atom is 0.257 e. The second kappa shape index (κ2) is 7.69. The lowest BCUT2D eigenvalue weighted by Crippen LogP contribution is -2.52. The highest BCUT2D eigenvalue weighted by atomic mass is 19.1. The lowest BCUT2D eigenvalue weighted by Gasteiger charge is -2.26. The number of rotatable bonds is 6. The van der Waals surface area contributed by atoms with E-state index >= 15 is 0 Å². The van der Waals surface area contributed by atoms with Crippen LogP contribution in [0.1, 0.15) is 29.9 Å². The Hall–Kier alpha value is -3.03. The van der Waals surface area contributed by atoms with Crippen molar-refractivity contribution in [2.45, 2.75) is 25.8 Å². The van der Waals surface area contributed by atoms with Crippen LogP contribution in [-0.2, 0) is 11.2 Å². The molecule has 0 aromatic carbocycles. The van der Waals surface area contributed by atoms with E-state index in [-0.39, 0.29) is 24.4 Å². The topological polar surface area (TPSA) is 98.0 Å². The van der Waals surface area contributed by atoms with Crippen molar-refractivity contribution in [2.75, 3.05) is 6.54 Å². The molecule has 2 aromatic rings. The first-order valence-electron chi connectivity index (χ1n) is 7.64. The normalized spacial score (nSPS) is 11.0. The van der Waals surface area contributed by atoms with Crippen molar-refractivity contribution in [3.8, 4) is 0 Å². The van der Waals surface area contributed by atoms with Crippen molar-refractivity contribution in [1.82, 2.24) is 15.6 Å². The number of pyridine rings is 2. The maximum atomic E-state index is 12.8. The molecule has 0 radical (unpaired) electrons. The van der Waals surface area contributed by atoms with Gasteiger partial charge in [-0.05, 0) is 32.0 Å². The molecule has 25 heavy (non-hydrogen) atoms. The molecule has 0 aliphatic carbocycles. The quantitative estimate of drug-likeness (QED) is 0.595. The van der Waals surface area contributed by atoms with E-state index in [1.54, 1.807) is 13.8 Å². The Balaban J connectivity index is 1.87. The van der Waals surface area contributed by atoms with Gasteiger partial charge in [0.2, 0.25) is 5.91 Å². The van der Waals surface area contributed by atoms with E-state index in [1.807, 2.05) is 0 Å². The standard InChI is InChI=1S/C17H19FN4O3/c1-17(2,11-20-16(24)12-4-3-7-22(25)10-12)21-15(23)8-14-6-5-13(18)9-19-14/h3-7,9-10H,8,11H2,1-2H3,(H,20,24)(H,21,23). The first-order chi connectivity index (χ1) is 11.7. The Labute approximate surface area is 144 Å². The zero-order valence-electron chi connectivity index (χ0n) is 14.0. The summed E-state index contributed by atoms with van der Waals surface area (Å²) >= 11 is 0. The third-order valence-electron chi connectivity index (χ3n) is 3.34. The molecule has 7 nitrogen and oxygen atoms in total. The smallest absolute Gasteiger partial charge is 0.257 e. The third-order valence-corrected chi connectivity index (χ3v) is 3.34. The van der Waals surface area contributed by atoms with E-state index in [4.69, 9.17) is 0 Å². The van der Waals surface area contributed by atoms with Gasteiger partial charge in [0.1, 0.15) is 11.4 Å². The maximum absolute atomic E-state index is 12.8. The molecule has 2 N–H and O–H groups in total. The van der Waals surface area contributed by atoms with Crippen molar-refractivity contribution >= 4 is 11.8 Å². The fraction of sp³-hybridized carbons (Fsp3) is 0.294. The molecule has 0 aliphatic heterocycles. The van der Waals surface area contributed by atoms with Crippen LogP contribution in [-0.4, -0.2) is 28.9 Å². The Bertz CT molecular complexity index is 763. The number of carbonyl (C=O) groups is 2. The van der Waals surface area contributed by atoms with Crippen LogP contribution in [0, 0.1) is 11.0 Å². The lowest BCUT2D eigenvalue weighted by atomic mass is 10.0. The van der Waals surface area contributed by atoms with Crippen LogP contribution in [0.3, 0.4) is 0 Å². The Morgan fingerprint density at radius 2 is 2.08 bits per heavy atom. The number of aromatic nitrogens is 2. The molecule has 0 spiro atoms. The first-order valence-corrected chi connectivity index (χ1v) is 7.64. The van der Waals surface area contributed by atoms with E-state index < -0.39 is 17.3 Å². The second-order valence-electron chi connectivity index (χ2n) is 6.21. The summed E-state index contributed by atoms with van der Waals surface area (Å²) in [6.45, 7) is 3.67. The fourth-order valence-electron chi connectivity index (χ4n) is 2.13. The van der Waals surface area contributed by atoms with Gasteiger partial charge in [0.25, 0.3) is 5.91 Å². The molecule has 2 rings (SSSR count). The van der Waals surface area contributed by atoms with E-state index in [0.717, 1.165) is 6.20 Å². The van der Waals surface area contributed by atoms with Crippen molar-refractivity contribution in [2.24, 2.45) is 0 Å². The zero-order valence-corrected chi connectivity index (χ0v) is 14.0. The van der Waals surface area contributed by atoms with Crippen molar-refractivity contribution < 1.29 is 18.7 Å². The number of hydrogen-bond donors (Lipinski definition) is 2. The fourth-order valence-corrected chi connectivity index (χ4v) is 2.13. The molecule has 0 saturated heterocycles. The van der Waals surface area contributed by atoms with Crippen LogP contribution in [0.15, 0.2) is 42.9 Å². The third kappa shape index (κ3) is 5.83. The van der Waals surface area contributed by atoms with Gasteiger partial charge in [-0.2, -0.15) is 4.73 Å². The van der Waals surface area contributed by atoms with Gasteiger partial charge >= 0.3 is 0 Å². The summed E-state index contributed by atoms with van der Waals surface area (Å²) in [6, 6.07) is 5.68. The lowest BCUT2D eigenvalue weighted by molar-refractivity contribution is -0.605. The highest BCUT2D eigenvalue weighted by Crippen LogP contribution is 2.04. The van der Waals surface area contributed by atoms with E-state index in [9.17, 15) is 19.2 Å². The summed E-state index contributed by atoms with van der Waals surface area (Å²) in [5.41, 5.74) is -0.0345. The highest BCUT2D eigenvalue weighted by molar-refractivity contribution is 5.93.